The van der Waals surface area contributed by atoms with Gasteiger partial charge < -0.3 is 20.7 Å². The predicted molar refractivity (Wildman–Crippen MR) is 147 cm³/mol. The van der Waals surface area contributed by atoms with Crippen molar-refractivity contribution in [3.05, 3.63) is 72.3 Å². The molecule has 0 unspecified atom stereocenters. The molecule has 11 nitrogen and oxygen atoms in total. The van der Waals surface area contributed by atoms with Crippen LogP contribution in [0, 0.1) is 0 Å². The zero-order chi connectivity index (χ0) is 27.7. The van der Waals surface area contributed by atoms with Crippen LogP contribution in [0.4, 0.5) is 17.2 Å². The highest BCUT2D eigenvalue weighted by Crippen LogP contribution is 2.46. The summed E-state index contributed by atoms with van der Waals surface area (Å²) in [6.45, 7) is 1.10. The van der Waals surface area contributed by atoms with Gasteiger partial charge in [-0.2, -0.15) is 0 Å². The van der Waals surface area contributed by atoms with Gasteiger partial charge in [0.1, 0.15) is 18.7 Å². The van der Waals surface area contributed by atoms with Gasteiger partial charge in [0.05, 0.1) is 30.4 Å². The van der Waals surface area contributed by atoms with Crippen LogP contribution in [0.25, 0.3) is 33.1 Å². The van der Waals surface area contributed by atoms with Gasteiger partial charge >= 0.3 is 0 Å². The number of nitrogens with zero attached hydrogens (tertiary/aromatic N) is 5. The van der Waals surface area contributed by atoms with Crippen molar-refractivity contribution < 1.29 is 24.5 Å². The first-order valence-corrected chi connectivity index (χ1v) is 12.8. The average molecular weight is 537 g/mol. The van der Waals surface area contributed by atoms with Crippen LogP contribution < -0.4 is 10.6 Å². The molecule has 2 aromatic heterocycles. The third-order valence-electron chi connectivity index (χ3n) is 7.69. The van der Waals surface area contributed by atoms with Crippen LogP contribution in [0.2, 0.25) is 0 Å². The van der Waals surface area contributed by atoms with Crippen LogP contribution in [0.5, 0.6) is 0 Å². The summed E-state index contributed by atoms with van der Waals surface area (Å²) in [5.74, 6) is -0.199. The van der Waals surface area contributed by atoms with Crippen molar-refractivity contribution in [2.24, 2.45) is 0 Å². The Morgan fingerprint density at radius 2 is 1.88 bits per heavy atom. The summed E-state index contributed by atoms with van der Waals surface area (Å²) >= 11 is 0. The third kappa shape index (κ3) is 3.38. The first-order valence-electron chi connectivity index (χ1n) is 12.8. The molecular formula is C29H24N6O5. The fraction of sp³-hybridized carbons (Fsp3) is 0.207. The number of ketones is 1. The van der Waals surface area contributed by atoms with E-state index in [2.05, 4.69) is 15.0 Å². The number of ether oxygens (including phenoxy) is 1. The van der Waals surface area contributed by atoms with Crippen LogP contribution in [0.15, 0.2) is 61.2 Å². The Kier molecular flexibility index (Phi) is 5.42. The van der Waals surface area contributed by atoms with Crippen LogP contribution in [0.3, 0.4) is 0 Å². The number of aliphatic hydroxyl groups is 2. The number of nitrogen functional groups attached to an aromatic ring is 1. The van der Waals surface area contributed by atoms with E-state index in [-0.39, 0.29) is 30.5 Å². The molecule has 3 atom stereocenters. The normalized spacial score (nSPS) is 19.8. The molecule has 11 heteroatoms. The molecule has 7 rings (SSSR count). The minimum absolute atomic E-state index is 0.0741. The Morgan fingerprint density at radius 1 is 1.10 bits per heavy atom. The summed E-state index contributed by atoms with van der Waals surface area (Å²) in [5.41, 5.74) is 10.9. The van der Waals surface area contributed by atoms with Gasteiger partial charge in [-0.05, 0) is 17.2 Å². The summed E-state index contributed by atoms with van der Waals surface area (Å²) in [4.78, 5) is 41.3. The molecular weight excluding hydrogens is 512 g/mol. The van der Waals surface area contributed by atoms with Crippen molar-refractivity contribution in [2.45, 2.75) is 31.8 Å². The van der Waals surface area contributed by atoms with Crippen molar-refractivity contribution in [3.8, 4) is 11.1 Å². The highest BCUT2D eigenvalue weighted by molar-refractivity contribution is 6.28. The number of aliphatic hydroxyl groups excluding tert-OH is 2. The van der Waals surface area contributed by atoms with Gasteiger partial charge in [0.2, 0.25) is 5.91 Å². The van der Waals surface area contributed by atoms with E-state index in [4.69, 9.17) is 10.5 Å². The van der Waals surface area contributed by atoms with Gasteiger partial charge in [-0.1, -0.05) is 42.5 Å². The molecule has 5 aromatic rings. The number of imidazole rings is 1. The molecule has 1 saturated heterocycles. The van der Waals surface area contributed by atoms with E-state index in [1.165, 1.54) is 24.5 Å². The number of hydrogen-bond acceptors (Lipinski definition) is 9. The van der Waals surface area contributed by atoms with Gasteiger partial charge in [0, 0.05) is 35.2 Å². The van der Waals surface area contributed by atoms with E-state index in [0.29, 0.717) is 39.1 Å². The van der Waals surface area contributed by atoms with Gasteiger partial charge in [-0.15, -0.1) is 0 Å². The Bertz CT molecular complexity index is 1870. The van der Waals surface area contributed by atoms with Crippen LogP contribution in [-0.4, -0.2) is 60.2 Å². The fourth-order valence-electron chi connectivity index (χ4n) is 5.84. The van der Waals surface area contributed by atoms with Crippen LogP contribution in [-0.2, 0) is 9.53 Å². The van der Waals surface area contributed by atoms with Crippen molar-refractivity contribution >= 4 is 50.8 Å². The summed E-state index contributed by atoms with van der Waals surface area (Å²) in [7, 11) is 0. The monoisotopic (exact) mass is 536 g/mol. The van der Waals surface area contributed by atoms with Gasteiger partial charge in [-0.25, -0.2) is 15.0 Å². The number of amides is 1. The number of aromatic nitrogens is 4. The molecule has 3 heterocycles. The first-order chi connectivity index (χ1) is 19.4. The van der Waals surface area contributed by atoms with Gasteiger partial charge in [0.15, 0.2) is 22.8 Å². The molecule has 2 aliphatic rings. The van der Waals surface area contributed by atoms with Gasteiger partial charge in [-0.3, -0.25) is 19.1 Å². The molecule has 0 bridgehead atoms. The molecule has 1 aliphatic carbocycles. The second-order valence-electron chi connectivity index (χ2n) is 9.95. The van der Waals surface area contributed by atoms with Gasteiger partial charge in [0.25, 0.3) is 0 Å². The zero-order valence-electron chi connectivity index (χ0n) is 21.4. The SMILES string of the molecule is CC(=O)N(c1cc2c3c(cccc3c1N)C(=O)c1ccccc1-2)c1ncnc2c1ncn2[C@H]1C[C@H](O)[C@@H](CO)O1. The Labute approximate surface area is 227 Å². The molecule has 1 amide bonds. The van der Waals surface area contributed by atoms with Crippen LogP contribution >= 0.6 is 0 Å². The van der Waals surface area contributed by atoms with E-state index in [1.807, 2.05) is 30.3 Å². The number of anilines is 3. The smallest absolute Gasteiger partial charge is 0.229 e. The first kappa shape index (κ1) is 24.3. The average Bonchev–Trinajstić information content (AvgIpc) is 3.56. The number of rotatable bonds is 4. The molecule has 0 radical (unpaired) electrons. The fourth-order valence-corrected chi connectivity index (χ4v) is 5.84. The minimum Gasteiger partial charge on any atom is -0.397 e. The molecule has 0 saturated carbocycles. The minimum atomic E-state index is -0.837. The molecule has 3 aromatic carbocycles. The largest absolute Gasteiger partial charge is 0.397 e. The van der Waals surface area contributed by atoms with E-state index < -0.39 is 18.4 Å². The molecule has 4 N–H and O–H groups in total. The molecule has 1 fully saturated rings. The molecule has 40 heavy (non-hydrogen) atoms. The lowest BCUT2D eigenvalue weighted by molar-refractivity contribution is -0.115. The number of hydrogen-bond donors (Lipinski definition) is 3. The van der Waals surface area contributed by atoms with Crippen molar-refractivity contribution in [1.82, 2.24) is 19.5 Å². The quantitative estimate of drug-likeness (QED) is 0.288. The number of carbonyl (C=O) groups is 2. The maximum Gasteiger partial charge on any atom is 0.229 e. The lowest BCUT2D eigenvalue weighted by Gasteiger charge is -2.27. The predicted octanol–water partition coefficient (Wildman–Crippen LogP) is 3.10. The number of nitrogens with two attached hydrogens (primary N) is 1. The Balaban J connectivity index is 1.43. The van der Waals surface area contributed by atoms with E-state index in [0.717, 1.165) is 16.5 Å². The molecule has 1 aliphatic heterocycles. The van der Waals surface area contributed by atoms with Crippen molar-refractivity contribution in [3.63, 3.8) is 0 Å². The second-order valence-corrected chi connectivity index (χ2v) is 9.95. The highest BCUT2D eigenvalue weighted by atomic mass is 16.5. The Morgan fingerprint density at radius 3 is 2.62 bits per heavy atom. The third-order valence-corrected chi connectivity index (χ3v) is 7.69. The number of fused-ring (bicyclic) bond motifs is 3. The second kappa shape index (κ2) is 8.91. The summed E-state index contributed by atoms with van der Waals surface area (Å²) in [6.07, 6.45) is 0.929. The molecule has 0 spiro atoms. The summed E-state index contributed by atoms with van der Waals surface area (Å²) in [5, 5.41) is 21.1. The maximum atomic E-state index is 13.3. The number of benzene rings is 3. The van der Waals surface area contributed by atoms with Crippen molar-refractivity contribution in [1.29, 1.82) is 0 Å². The van der Waals surface area contributed by atoms with Crippen LogP contribution in [0.1, 0.15) is 35.5 Å². The standard InChI is InChI=1S/C29H24N6O5/c1-14(37)35(29-26-28(31-12-32-29)34(13-33-26)23-10-21(38)22(11-36)40-23)20-9-19-15-5-2-3-6-16(15)27(39)18-8-4-7-17(24(18)19)25(20)30/h2-9,12-13,21-23,36,38H,10-11,30H2,1H3/t21-,22+,23+/m0/s1. The highest BCUT2D eigenvalue weighted by Gasteiger charge is 2.36. The lowest BCUT2D eigenvalue weighted by atomic mass is 9.82. The number of carbonyl (C=O) groups excluding carboxylic acids is 2. The van der Waals surface area contributed by atoms with E-state index >= 15 is 0 Å². The summed E-state index contributed by atoms with van der Waals surface area (Å²) in [6, 6.07) is 14.6. The zero-order valence-corrected chi connectivity index (χ0v) is 21.4. The maximum absolute atomic E-state index is 13.3. The summed E-state index contributed by atoms with van der Waals surface area (Å²) < 4.78 is 7.45. The van der Waals surface area contributed by atoms with E-state index in [1.54, 1.807) is 22.8 Å². The lowest BCUT2D eigenvalue weighted by Crippen LogP contribution is -2.26. The van der Waals surface area contributed by atoms with Crippen molar-refractivity contribution in [2.75, 3.05) is 17.2 Å². The van der Waals surface area contributed by atoms with E-state index in [9.17, 15) is 19.8 Å². The molecule has 200 valence electrons. The Hall–Kier alpha value is -4.71. The topological polar surface area (TPSA) is 157 Å².